The molecular formula is C5H11FO5. The Morgan fingerprint density at radius 2 is 1.64 bits per heavy atom. The van der Waals surface area contributed by atoms with Crippen molar-refractivity contribution in [3.63, 3.8) is 0 Å². The predicted molar refractivity (Wildman–Crippen MR) is 33.8 cm³/mol. The van der Waals surface area contributed by atoms with Gasteiger partial charge >= 0.3 is 5.97 Å². The normalized spacial score (nSPS) is 8.82. The van der Waals surface area contributed by atoms with Crippen LogP contribution in [0.5, 0.6) is 0 Å². The first-order valence-electron chi connectivity index (χ1n) is 2.76. The van der Waals surface area contributed by atoms with Crippen LogP contribution < -0.4 is 0 Å². The Hall–Kier alpha value is -0.720. The van der Waals surface area contributed by atoms with Crippen molar-refractivity contribution in [2.75, 3.05) is 19.9 Å². The van der Waals surface area contributed by atoms with Crippen LogP contribution in [0.4, 0.5) is 4.39 Å². The van der Waals surface area contributed by atoms with Crippen molar-refractivity contribution in [3.8, 4) is 0 Å². The van der Waals surface area contributed by atoms with Crippen LogP contribution in [0.2, 0.25) is 0 Å². The third-order valence-corrected chi connectivity index (χ3v) is 0.536. The minimum Gasteiger partial charge on any atom is -0.479 e. The van der Waals surface area contributed by atoms with Crippen molar-refractivity contribution in [3.05, 3.63) is 0 Å². The summed E-state index contributed by atoms with van der Waals surface area (Å²) in [7, 11) is 0. The highest BCUT2D eigenvalue weighted by atomic mass is 19.1. The molecule has 0 aliphatic rings. The number of rotatable bonds is 3. The SMILES string of the molecule is O=C(O)CF.OCC(O)CO. The Kier molecular flexibility index (Phi) is 10.9. The zero-order valence-electron chi connectivity index (χ0n) is 5.77. The quantitative estimate of drug-likeness (QED) is 0.407. The van der Waals surface area contributed by atoms with Crippen LogP contribution in [-0.2, 0) is 4.79 Å². The maximum atomic E-state index is 10.5. The van der Waals surface area contributed by atoms with Crippen LogP contribution in [0.15, 0.2) is 0 Å². The number of hydrogen-bond donors (Lipinski definition) is 4. The summed E-state index contributed by atoms with van der Waals surface area (Å²) in [5.41, 5.74) is 0. The van der Waals surface area contributed by atoms with Crippen molar-refractivity contribution in [1.29, 1.82) is 0 Å². The summed E-state index contributed by atoms with van der Waals surface area (Å²) in [6.07, 6.45) is -0.954. The first-order chi connectivity index (χ1) is 5.08. The molecule has 0 atom stereocenters. The molecule has 6 heteroatoms. The van der Waals surface area contributed by atoms with Gasteiger partial charge in [-0.3, -0.25) is 0 Å². The molecule has 0 amide bonds. The minimum absolute atomic E-state index is 0.365. The molecule has 11 heavy (non-hydrogen) atoms. The summed E-state index contributed by atoms with van der Waals surface area (Å²) in [4.78, 5) is 8.99. The van der Waals surface area contributed by atoms with Crippen LogP contribution in [0.3, 0.4) is 0 Å². The number of carboxylic acids is 1. The van der Waals surface area contributed by atoms with E-state index in [-0.39, 0.29) is 13.2 Å². The van der Waals surface area contributed by atoms with Gasteiger partial charge in [0.1, 0.15) is 6.10 Å². The van der Waals surface area contributed by atoms with Crippen LogP contribution in [0.25, 0.3) is 0 Å². The molecule has 0 aromatic heterocycles. The van der Waals surface area contributed by atoms with Crippen LogP contribution >= 0.6 is 0 Å². The van der Waals surface area contributed by atoms with Crippen molar-refractivity contribution >= 4 is 5.97 Å². The van der Waals surface area contributed by atoms with Crippen molar-refractivity contribution in [1.82, 2.24) is 0 Å². The molecule has 0 bridgehead atoms. The second-order valence-electron chi connectivity index (χ2n) is 1.55. The number of aliphatic hydroxyl groups excluding tert-OH is 3. The van der Waals surface area contributed by atoms with Crippen molar-refractivity contribution in [2.24, 2.45) is 0 Å². The second-order valence-corrected chi connectivity index (χ2v) is 1.55. The number of hydrogen-bond acceptors (Lipinski definition) is 4. The lowest BCUT2D eigenvalue weighted by Crippen LogP contribution is -2.15. The van der Waals surface area contributed by atoms with E-state index in [1.807, 2.05) is 0 Å². The fraction of sp³-hybridized carbons (Fsp3) is 0.800. The monoisotopic (exact) mass is 170 g/mol. The third kappa shape index (κ3) is 17.6. The summed E-state index contributed by atoms with van der Waals surface area (Å²) < 4.78 is 10.5. The molecule has 0 rings (SSSR count). The van der Waals surface area contributed by atoms with Gasteiger partial charge in [-0.15, -0.1) is 0 Å². The van der Waals surface area contributed by atoms with E-state index < -0.39 is 18.7 Å². The Balaban J connectivity index is 0. The first-order valence-corrected chi connectivity index (χ1v) is 2.76. The lowest BCUT2D eigenvalue weighted by molar-refractivity contribution is -0.137. The Morgan fingerprint density at radius 3 is 1.64 bits per heavy atom. The highest BCUT2D eigenvalue weighted by Gasteiger charge is 1.93. The Labute approximate surface area is 62.7 Å². The third-order valence-electron chi connectivity index (χ3n) is 0.536. The van der Waals surface area contributed by atoms with Crippen molar-refractivity contribution in [2.45, 2.75) is 6.10 Å². The molecule has 0 aromatic rings. The van der Waals surface area contributed by atoms with E-state index in [1.165, 1.54) is 0 Å². The molecule has 0 aliphatic heterocycles. The molecule has 0 spiro atoms. The number of alkyl halides is 1. The average Bonchev–Trinajstić information content (AvgIpc) is 2.04. The molecule has 0 fully saturated rings. The van der Waals surface area contributed by atoms with E-state index in [4.69, 9.17) is 25.2 Å². The first kappa shape index (κ1) is 12.9. The number of carbonyl (C=O) groups is 1. The average molecular weight is 170 g/mol. The molecule has 0 heterocycles. The largest absolute Gasteiger partial charge is 0.479 e. The smallest absolute Gasteiger partial charge is 0.335 e. The van der Waals surface area contributed by atoms with E-state index in [0.29, 0.717) is 0 Å². The lowest BCUT2D eigenvalue weighted by atomic mass is 10.4. The van der Waals surface area contributed by atoms with Gasteiger partial charge in [-0.1, -0.05) is 0 Å². The fourth-order valence-electron chi connectivity index (χ4n) is 0.0577. The summed E-state index contributed by atoms with van der Waals surface area (Å²) in [5, 5.41) is 31.4. The molecule has 0 radical (unpaired) electrons. The van der Waals surface area contributed by atoms with Gasteiger partial charge in [0, 0.05) is 0 Å². The molecule has 0 aromatic carbocycles. The van der Waals surface area contributed by atoms with E-state index in [1.54, 1.807) is 0 Å². The van der Waals surface area contributed by atoms with Gasteiger partial charge in [-0.25, -0.2) is 9.18 Å². The summed E-state index contributed by atoms with van der Waals surface area (Å²) >= 11 is 0. The van der Waals surface area contributed by atoms with Gasteiger partial charge in [0.05, 0.1) is 13.2 Å². The topological polar surface area (TPSA) is 98.0 Å². The predicted octanol–water partition coefficient (Wildman–Crippen LogP) is -1.63. The molecule has 4 N–H and O–H groups in total. The summed E-state index contributed by atoms with van der Waals surface area (Å²) in [6, 6.07) is 0. The minimum atomic E-state index is -1.41. The second kappa shape index (κ2) is 9.28. The van der Waals surface area contributed by atoms with Gasteiger partial charge in [-0.2, -0.15) is 0 Å². The Morgan fingerprint density at radius 1 is 1.36 bits per heavy atom. The number of aliphatic carboxylic acids is 1. The van der Waals surface area contributed by atoms with Gasteiger partial charge in [0.15, 0.2) is 6.67 Å². The van der Waals surface area contributed by atoms with Gasteiger partial charge in [0.25, 0.3) is 0 Å². The fourth-order valence-corrected chi connectivity index (χ4v) is 0.0577. The Bertz CT molecular complexity index is 92.9. The van der Waals surface area contributed by atoms with Crippen molar-refractivity contribution < 1.29 is 29.6 Å². The highest BCUT2D eigenvalue weighted by Crippen LogP contribution is 1.71. The molecule has 0 aliphatic carbocycles. The number of carboxylic acid groups (broad SMARTS) is 1. The molecule has 0 unspecified atom stereocenters. The number of halogens is 1. The number of aliphatic hydroxyl groups is 3. The maximum absolute atomic E-state index is 10.5. The van der Waals surface area contributed by atoms with Gasteiger partial charge in [0.2, 0.25) is 0 Å². The van der Waals surface area contributed by atoms with Crippen LogP contribution in [0, 0.1) is 0 Å². The molecule has 68 valence electrons. The maximum Gasteiger partial charge on any atom is 0.335 e. The lowest BCUT2D eigenvalue weighted by Gasteiger charge is -1.96. The molecule has 5 nitrogen and oxygen atoms in total. The van der Waals surface area contributed by atoms with E-state index in [2.05, 4.69) is 0 Å². The zero-order valence-corrected chi connectivity index (χ0v) is 5.77. The molecular weight excluding hydrogens is 159 g/mol. The van der Waals surface area contributed by atoms with E-state index in [0.717, 1.165) is 0 Å². The summed E-state index contributed by atoms with van der Waals surface area (Å²) in [6.45, 7) is -2.01. The van der Waals surface area contributed by atoms with Crippen LogP contribution in [-0.4, -0.2) is 52.4 Å². The van der Waals surface area contributed by atoms with Crippen LogP contribution in [0.1, 0.15) is 0 Å². The van der Waals surface area contributed by atoms with Gasteiger partial charge < -0.3 is 20.4 Å². The molecule has 0 saturated heterocycles. The van der Waals surface area contributed by atoms with E-state index >= 15 is 0 Å². The highest BCUT2D eigenvalue weighted by molar-refractivity contribution is 5.67. The zero-order chi connectivity index (χ0) is 9.28. The standard InChI is InChI=1S/C3H8O3.C2H3FO2/c4-1-3(6)2-5;3-1-2(4)5/h3-6H,1-2H2;1H2,(H,4,5). The molecule has 0 saturated carbocycles. The summed E-state index contributed by atoms with van der Waals surface area (Å²) in [5.74, 6) is -1.41. The van der Waals surface area contributed by atoms with Gasteiger partial charge in [-0.05, 0) is 0 Å². The van der Waals surface area contributed by atoms with E-state index in [9.17, 15) is 4.39 Å².